The first-order valence-electron chi connectivity index (χ1n) is 6.56. The van der Waals surface area contributed by atoms with Gasteiger partial charge in [0.1, 0.15) is 0 Å². The quantitative estimate of drug-likeness (QED) is 0.852. The Hall–Kier alpha value is -1.65. The van der Waals surface area contributed by atoms with Gasteiger partial charge in [-0.15, -0.1) is 0 Å². The minimum atomic E-state index is -0.704. The van der Waals surface area contributed by atoms with Gasteiger partial charge in [0, 0.05) is 25.0 Å². The van der Waals surface area contributed by atoms with Crippen molar-refractivity contribution >= 4 is 11.9 Å². The average Bonchev–Trinajstić information content (AvgIpc) is 2.91. The second-order valence-electron chi connectivity index (χ2n) is 5.11. The molecule has 96 valence electrons. The number of carboxylic acid groups (broad SMARTS) is 1. The number of anilines is 1. The summed E-state index contributed by atoms with van der Waals surface area (Å²) >= 11 is 0. The molecule has 3 rings (SSSR count). The maximum Gasteiger partial charge on any atom is 0.306 e. The van der Waals surface area contributed by atoms with Crippen LogP contribution >= 0.6 is 0 Å². The molecule has 18 heavy (non-hydrogen) atoms. The summed E-state index contributed by atoms with van der Waals surface area (Å²) in [7, 11) is 0. The molecule has 0 aromatic carbocycles. The molecule has 0 amide bonds. The molecule has 1 aliphatic heterocycles. The van der Waals surface area contributed by atoms with Gasteiger partial charge in [0.2, 0.25) is 5.95 Å². The molecule has 1 fully saturated rings. The second kappa shape index (κ2) is 4.55. The van der Waals surface area contributed by atoms with Gasteiger partial charge < -0.3 is 10.0 Å². The highest BCUT2D eigenvalue weighted by molar-refractivity contribution is 5.70. The lowest BCUT2D eigenvalue weighted by Gasteiger charge is -2.22. The Bertz CT molecular complexity index is 469. The van der Waals surface area contributed by atoms with Crippen LogP contribution < -0.4 is 4.90 Å². The van der Waals surface area contributed by atoms with Crippen LogP contribution in [0.2, 0.25) is 0 Å². The number of nitrogens with zero attached hydrogens (tertiary/aromatic N) is 3. The lowest BCUT2D eigenvalue weighted by molar-refractivity contribution is -0.142. The first-order chi connectivity index (χ1) is 8.74. The molecule has 1 aromatic heterocycles. The van der Waals surface area contributed by atoms with E-state index >= 15 is 0 Å². The lowest BCUT2D eigenvalue weighted by Crippen LogP contribution is -2.25. The van der Waals surface area contributed by atoms with Crippen LogP contribution in [0.5, 0.6) is 0 Å². The summed E-state index contributed by atoms with van der Waals surface area (Å²) < 4.78 is 0. The van der Waals surface area contributed by atoms with E-state index in [0.29, 0.717) is 12.8 Å². The summed E-state index contributed by atoms with van der Waals surface area (Å²) in [6.07, 6.45) is 6.27. The molecular weight excluding hydrogens is 230 g/mol. The third-order valence-corrected chi connectivity index (χ3v) is 3.88. The largest absolute Gasteiger partial charge is 0.481 e. The number of aliphatic carboxylic acids is 1. The standard InChI is InChI=1S/C13H17N3O2/c17-12(18)9-3-4-11-10(7-9)8-14-13(15-11)16-5-1-2-6-16/h8-9H,1-7H2,(H,17,18)/t9-/m0/s1. The number of hydrogen-bond donors (Lipinski definition) is 1. The highest BCUT2D eigenvalue weighted by Crippen LogP contribution is 2.26. The van der Waals surface area contributed by atoms with Crippen LogP contribution in [0.15, 0.2) is 6.20 Å². The summed E-state index contributed by atoms with van der Waals surface area (Å²) in [5.74, 6) is -0.150. The summed E-state index contributed by atoms with van der Waals surface area (Å²) in [4.78, 5) is 22.2. The normalized spacial score (nSPS) is 22.9. The van der Waals surface area contributed by atoms with Gasteiger partial charge in [0.05, 0.1) is 5.92 Å². The van der Waals surface area contributed by atoms with Crippen molar-refractivity contribution < 1.29 is 9.90 Å². The van der Waals surface area contributed by atoms with E-state index in [1.54, 1.807) is 0 Å². The smallest absolute Gasteiger partial charge is 0.306 e. The molecule has 1 saturated heterocycles. The summed E-state index contributed by atoms with van der Waals surface area (Å²) in [6.45, 7) is 2.08. The van der Waals surface area contributed by atoms with E-state index in [1.165, 1.54) is 12.8 Å². The van der Waals surface area contributed by atoms with E-state index in [-0.39, 0.29) is 5.92 Å². The predicted octanol–water partition coefficient (Wildman–Crippen LogP) is 1.27. The molecule has 0 unspecified atom stereocenters. The Morgan fingerprint density at radius 2 is 2.17 bits per heavy atom. The van der Waals surface area contributed by atoms with E-state index in [9.17, 15) is 4.79 Å². The summed E-state index contributed by atoms with van der Waals surface area (Å²) in [5, 5.41) is 9.04. The van der Waals surface area contributed by atoms with Gasteiger partial charge in [0.15, 0.2) is 0 Å². The number of rotatable bonds is 2. The topological polar surface area (TPSA) is 66.3 Å². The van der Waals surface area contributed by atoms with Gasteiger partial charge >= 0.3 is 5.97 Å². The molecule has 0 radical (unpaired) electrons. The van der Waals surface area contributed by atoms with Crippen LogP contribution in [0, 0.1) is 5.92 Å². The average molecular weight is 247 g/mol. The van der Waals surface area contributed by atoms with Crippen LogP contribution in [-0.4, -0.2) is 34.1 Å². The van der Waals surface area contributed by atoms with E-state index in [2.05, 4.69) is 14.9 Å². The molecule has 1 N–H and O–H groups in total. The van der Waals surface area contributed by atoms with Crippen molar-refractivity contribution in [3.8, 4) is 0 Å². The first-order valence-corrected chi connectivity index (χ1v) is 6.56. The van der Waals surface area contributed by atoms with Crippen molar-refractivity contribution in [1.29, 1.82) is 0 Å². The van der Waals surface area contributed by atoms with Crippen LogP contribution in [0.1, 0.15) is 30.5 Å². The molecule has 1 aromatic rings. The zero-order valence-corrected chi connectivity index (χ0v) is 10.3. The van der Waals surface area contributed by atoms with Crippen LogP contribution in [-0.2, 0) is 17.6 Å². The number of carbonyl (C=O) groups is 1. The maximum absolute atomic E-state index is 11.0. The van der Waals surface area contributed by atoms with E-state index in [1.807, 2.05) is 6.20 Å². The predicted molar refractivity (Wildman–Crippen MR) is 66.6 cm³/mol. The SMILES string of the molecule is O=C(O)[C@H]1CCc2nc(N3CCCC3)ncc2C1. The van der Waals surface area contributed by atoms with Crippen molar-refractivity contribution in [2.24, 2.45) is 5.92 Å². The molecule has 0 bridgehead atoms. The number of hydrogen-bond acceptors (Lipinski definition) is 4. The molecular formula is C13H17N3O2. The molecule has 5 heteroatoms. The molecule has 2 aliphatic rings. The minimum absolute atomic E-state index is 0.265. The zero-order valence-electron chi connectivity index (χ0n) is 10.3. The Morgan fingerprint density at radius 1 is 1.39 bits per heavy atom. The van der Waals surface area contributed by atoms with Crippen molar-refractivity contribution in [2.75, 3.05) is 18.0 Å². The van der Waals surface area contributed by atoms with Crippen molar-refractivity contribution in [2.45, 2.75) is 32.1 Å². The summed E-state index contributed by atoms with van der Waals surface area (Å²) in [5.41, 5.74) is 2.06. The van der Waals surface area contributed by atoms with Gasteiger partial charge in [-0.3, -0.25) is 4.79 Å². The van der Waals surface area contributed by atoms with Crippen molar-refractivity contribution in [3.63, 3.8) is 0 Å². The second-order valence-corrected chi connectivity index (χ2v) is 5.11. The third kappa shape index (κ3) is 2.05. The van der Waals surface area contributed by atoms with Crippen LogP contribution in [0.4, 0.5) is 5.95 Å². The van der Waals surface area contributed by atoms with Crippen molar-refractivity contribution in [1.82, 2.24) is 9.97 Å². The Labute approximate surface area is 106 Å². The minimum Gasteiger partial charge on any atom is -0.481 e. The van der Waals surface area contributed by atoms with E-state index < -0.39 is 5.97 Å². The molecule has 5 nitrogen and oxygen atoms in total. The monoisotopic (exact) mass is 247 g/mol. The fraction of sp³-hybridized carbons (Fsp3) is 0.615. The number of fused-ring (bicyclic) bond motifs is 1. The fourth-order valence-corrected chi connectivity index (χ4v) is 2.78. The molecule has 0 saturated carbocycles. The lowest BCUT2D eigenvalue weighted by atomic mass is 9.87. The fourth-order valence-electron chi connectivity index (χ4n) is 2.78. The van der Waals surface area contributed by atoms with E-state index in [4.69, 9.17) is 5.11 Å². The molecule has 1 atom stereocenters. The maximum atomic E-state index is 11.0. The van der Waals surface area contributed by atoms with Gasteiger partial charge in [-0.1, -0.05) is 0 Å². The Morgan fingerprint density at radius 3 is 2.89 bits per heavy atom. The van der Waals surface area contributed by atoms with Gasteiger partial charge in [-0.25, -0.2) is 9.97 Å². The third-order valence-electron chi connectivity index (χ3n) is 3.88. The molecule has 0 spiro atoms. The van der Waals surface area contributed by atoms with Crippen molar-refractivity contribution in [3.05, 3.63) is 17.5 Å². The number of carboxylic acids is 1. The van der Waals surface area contributed by atoms with Gasteiger partial charge in [0.25, 0.3) is 0 Å². The highest BCUT2D eigenvalue weighted by atomic mass is 16.4. The number of aryl methyl sites for hydroxylation is 1. The van der Waals surface area contributed by atoms with Crippen LogP contribution in [0.3, 0.4) is 0 Å². The summed E-state index contributed by atoms with van der Waals surface area (Å²) in [6, 6.07) is 0. The number of aromatic nitrogens is 2. The van der Waals surface area contributed by atoms with E-state index in [0.717, 1.165) is 36.7 Å². The molecule has 1 aliphatic carbocycles. The van der Waals surface area contributed by atoms with Crippen LogP contribution in [0.25, 0.3) is 0 Å². The van der Waals surface area contributed by atoms with Gasteiger partial charge in [-0.05, 0) is 37.7 Å². The van der Waals surface area contributed by atoms with Gasteiger partial charge in [-0.2, -0.15) is 0 Å². The zero-order chi connectivity index (χ0) is 12.5. The highest BCUT2D eigenvalue weighted by Gasteiger charge is 2.26. The molecule has 2 heterocycles. The Balaban J connectivity index is 1.82. The Kier molecular flexibility index (Phi) is 2.89. The first kappa shape index (κ1) is 11.4.